The van der Waals surface area contributed by atoms with Crippen molar-refractivity contribution in [3.05, 3.63) is 69.5 Å². The van der Waals surface area contributed by atoms with E-state index in [0.717, 1.165) is 24.3 Å². The number of amides is 1. The van der Waals surface area contributed by atoms with E-state index in [9.17, 15) is 4.79 Å². The number of aryl methyl sites for hydroxylation is 1. The molecule has 0 aliphatic rings. The van der Waals surface area contributed by atoms with E-state index in [-0.39, 0.29) is 11.9 Å². The molecule has 3 aromatic rings. The van der Waals surface area contributed by atoms with Crippen molar-refractivity contribution in [1.82, 2.24) is 20.1 Å². The topological polar surface area (TPSA) is 59.8 Å². The number of halogens is 2. The molecule has 1 heterocycles. The minimum Gasteiger partial charge on any atom is -0.346 e. The van der Waals surface area contributed by atoms with Gasteiger partial charge in [0.25, 0.3) is 0 Å². The first-order chi connectivity index (χ1) is 16.9. The number of nitrogens with one attached hydrogen (secondary N) is 1. The van der Waals surface area contributed by atoms with Crippen molar-refractivity contribution in [2.75, 3.05) is 0 Å². The highest BCUT2D eigenvalue weighted by atomic mass is 35.5. The molecule has 2 aromatic carbocycles. The van der Waals surface area contributed by atoms with Crippen molar-refractivity contribution in [2.45, 2.75) is 82.7 Å². The number of thioether (sulfide) groups is 1. The minimum absolute atomic E-state index is 0.0266. The van der Waals surface area contributed by atoms with Crippen LogP contribution < -0.4 is 5.32 Å². The van der Waals surface area contributed by atoms with E-state index >= 15 is 0 Å². The fraction of sp³-hybridized carbons (Fsp3) is 0.444. The molecule has 0 radical (unpaired) electrons. The number of nitrogens with zero attached hydrogens (tertiary/aromatic N) is 3. The van der Waals surface area contributed by atoms with Gasteiger partial charge in [-0.05, 0) is 44.0 Å². The van der Waals surface area contributed by atoms with Gasteiger partial charge in [0.2, 0.25) is 5.91 Å². The lowest BCUT2D eigenvalue weighted by molar-refractivity contribution is -0.121. The van der Waals surface area contributed by atoms with Gasteiger partial charge in [-0.25, -0.2) is 0 Å². The summed E-state index contributed by atoms with van der Waals surface area (Å²) in [7, 11) is 0. The van der Waals surface area contributed by atoms with Crippen LogP contribution in [0.15, 0.2) is 47.6 Å². The molecular weight excluding hydrogens is 499 g/mol. The van der Waals surface area contributed by atoms with Gasteiger partial charge in [-0.3, -0.25) is 9.36 Å². The number of rotatable bonds is 13. The predicted molar refractivity (Wildman–Crippen MR) is 147 cm³/mol. The summed E-state index contributed by atoms with van der Waals surface area (Å²) < 4.78 is 1.93. The number of aromatic nitrogens is 3. The number of hydrogen-bond acceptors (Lipinski definition) is 4. The summed E-state index contributed by atoms with van der Waals surface area (Å²) in [5.74, 6) is 1.40. The second kappa shape index (κ2) is 13.9. The lowest BCUT2D eigenvalue weighted by Crippen LogP contribution is -2.28. The molecule has 8 heteroatoms. The standard InChI is InChI=1S/C27H34Cl2N4OS/c1-4-5-6-7-8-9-13-25(34)30-20(3)26-31-32-27(35-18-21-12-10-11-19(2)16-21)33(26)24-15-14-22(28)17-23(24)29/h10-12,14-17,20H,4-9,13,18H2,1-3H3,(H,30,34). The average molecular weight is 534 g/mol. The first-order valence-electron chi connectivity index (χ1n) is 12.3. The van der Waals surface area contributed by atoms with Crippen LogP contribution in [0, 0.1) is 6.92 Å². The Kier molecular flexibility index (Phi) is 11.0. The maximum absolute atomic E-state index is 12.6. The van der Waals surface area contributed by atoms with Crippen molar-refractivity contribution in [1.29, 1.82) is 0 Å². The molecule has 5 nitrogen and oxygen atoms in total. The molecule has 1 atom stereocenters. The Bertz CT molecular complexity index is 1120. The van der Waals surface area contributed by atoms with Crippen LogP contribution in [0.3, 0.4) is 0 Å². The summed E-state index contributed by atoms with van der Waals surface area (Å²) in [6.07, 6.45) is 7.40. The maximum Gasteiger partial charge on any atom is 0.220 e. The van der Waals surface area contributed by atoms with E-state index in [2.05, 4.69) is 53.6 Å². The average Bonchev–Trinajstić information content (AvgIpc) is 3.24. The molecule has 0 saturated heterocycles. The van der Waals surface area contributed by atoms with Gasteiger partial charge >= 0.3 is 0 Å². The monoisotopic (exact) mass is 532 g/mol. The summed E-state index contributed by atoms with van der Waals surface area (Å²) in [5, 5.41) is 13.8. The Morgan fingerprint density at radius 1 is 1.06 bits per heavy atom. The highest BCUT2D eigenvalue weighted by Crippen LogP contribution is 2.32. The smallest absolute Gasteiger partial charge is 0.220 e. The summed E-state index contributed by atoms with van der Waals surface area (Å²) in [6, 6.07) is 13.4. The van der Waals surface area contributed by atoms with E-state index < -0.39 is 0 Å². The first kappa shape index (κ1) is 27.6. The molecule has 1 unspecified atom stereocenters. The maximum atomic E-state index is 12.6. The van der Waals surface area contributed by atoms with Crippen LogP contribution in [0.1, 0.15) is 81.8 Å². The highest BCUT2D eigenvalue weighted by Gasteiger charge is 2.22. The van der Waals surface area contributed by atoms with Gasteiger partial charge in [-0.1, -0.05) is 104 Å². The molecule has 3 rings (SSSR count). The van der Waals surface area contributed by atoms with Crippen LogP contribution in [0.4, 0.5) is 0 Å². The lowest BCUT2D eigenvalue weighted by Gasteiger charge is -2.17. The number of benzene rings is 2. The molecule has 0 spiro atoms. The first-order valence-corrected chi connectivity index (χ1v) is 14.0. The van der Waals surface area contributed by atoms with Gasteiger partial charge in [-0.15, -0.1) is 10.2 Å². The van der Waals surface area contributed by atoms with Gasteiger partial charge < -0.3 is 5.32 Å². The zero-order valence-corrected chi connectivity index (χ0v) is 23.0. The van der Waals surface area contributed by atoms with Crippen LogP contribution in [0.2, 0.25) is 10.0 Å². The second-order valence-corrected chi connectivity index (χ2v) is 10.6. The predicted octanol–water partition coefficient (Wildman–Crippen LogP) is 8.10. The van der Waals surface area contributed by atoms with Gasteiger partial charge in [0, 0.05) is 17.2 Å². The van der Waals surface area contributed by atoms with Crippen molar-refractivity contribution in [2.24, 2.45) is 0 Å². The molecule has 0 aliphatic heterocycles. The van der Waals surface area contributed by atoms with Crippen LogP contribution in [0.25, 0.3) is 5.69 Å². The Hall–Kier alpha value is -2.02. The number of carbonyl (C=O) groups is 1. The summed E-state index contributed by atoms with van der Waals surface area (Å²) in [6.45, 7) is 6.22. The molecule has 0 saturated carbocycles. The molecule has 1 amide bonds. The number of unbranched alkanes of at least 4 members (excludes halogenated alkanes) is 5. The second-order valence-electron chi connectivity index (χ2n) is 8.86. The quantitative estimate of drug-likeness (QED) is 0.178. The van der Waals surface area contributed by atoms with Gasteiger partial charge in [0.15, 0.2) is 11.0 Å². The van der Waals surface area contributed by atoms with Crippen LogP contribution in [-0.4, -0.2) is 20.7 Å². The summed E-state index contributed by atoms with van der Waals surface area (Å²) in [4.78, 5) is 12.6. The molecule has 188 valence electrons. The van der Waals surface area contributed by atoms with E-state index in [1.807, 2.05) is 17.6 Å². The third-order valence-electron chi connectivity index (χ3n) is 5.78. The molecular formula is C27H34Cl2N4OS. The van der Waals surface area contributed by atoms with Crippen molar-refractivity contribution in [3.63, 3.8) is 0 Å². The molecule has 1 N–H and O–H groups in total. The van der Waals surface area contributed by atoms with Crippen molar-refractivity contribution >= 4 is 40.9 Å². The molecule has 35 heavy (non-hydrogen) atoms. The number of hydrogen-bond donors (Lipinski definition) is 1. The van der Waals surface area contributed by atoms with E-state index in [0.29, 0.717) is 27.4 Å². The Labute approximate surface area is 223 Å². The third-order valence-corrected chi connectivity index (χ3v) is 7.32. The fourth-order valence-corrected chi connectivity index (χ4v) is 5.33. The summed E-state index contributed by atoms with van der Waals surface area (Å²) >= 11 is 14.3. The van der Waals surface area contributed by atoms with Crippen LogP contribution in [-0.2, 0) is 10.5 Å². The van der Waals surface area contributed by atoms with Crippen LogP contribution in [0.5, 0.6) is 0 Å². The SMILES string of the molecule is CCCCCCCCC(=O)NC(C)c1nnc(SCc2cccc(C)c2)n1-c1ccc(Cl)cc1Cl. The molecule has 1 aromatic heterocycles. The zero-order chi connectivity index (χ0) is 25.2. The van der Waals surface area contributed by atoms with Gasteiger partial charge in [0.1, 0.15) is 0 Å². The van der Waals surface area contributed by atoms with Gasteiger partial charge in [0.05, 0.1) is 16.8 Å². The molecule has 0 fully saturated rings. The lowest BCUT2D eigenvalue weighted by atomic mass is 10.1. The van der Waals surface area contributed by atoms with E-state index in [1.54, 1.807) is 23.9 Å². The number of carbonyl (C=O) groups excluding carboxylic acids is 1. The Balaban J connectivity index is 1.75. The highest BCUT2D eigenvalue weighted by molar-refractivity contribution is 7.98. The Morgan fingerprint density at radius 3 is 2.57 bits per heavy atom. The normalized spacial score (nSPS) is 12.0. The zero-order valence-electron chi connectivity index (χ0n) is 20.7. The largest absolute Gasteiger partial charge is 0.346 e. The third kappa shape index (κ3) is 8.26. The fourth-order valence-electron chi connectivity index (χ4n) is 3.94. The minimum atomic E-state index is -0.324. The van der Waals surface area contributed by atoms with Crippen LogP contribution >= 0.6 is 35.0 Å². The molecule has 0 bridgehead atoms. The van der Waals surface area contributed by atoms with E-state index in [1.165, 1.54) is 36.8 Å². The van der Waals surface area contributed by atoms with Gasteiger partial charge in [-0.2, -0.15) is 0 Å². The van der Waals surface area contributed by atoms with Crippen molar-refractivity contribution in [3.8, 4) is 5.69 Å². The Morgan fingerprint density at radius 2 is 1.83 bits per heavy atom. The summed E-state index contributed by atoms with van der Waals surface area (Å²) in [5.41, 5.74) is 3.15. The molecule has 0 aliphatic carbocycles. The van der Waals surface area contributed by atoms with Crippen molar-refractivity contribution < 1.29 is 4.79 Å². The van der Waals surface area contributed by atoms with E-state index in [4.69, 9.17) is 23.2 Å².